The molecule has 0 aliphatic carbocycles. The predicted octanol–water partition coefficient (Wildman–Crippen LogP) is 4.65. The van der Waals surface area contributed by atoms with Gasteiger partial charge in [-0.05, 0) is 61.5 Å². The normalized spacial score (nSPS) is 12.1. The van der Waals surface area contributed by atoms with Crippen LogP contribution in [-0.2, 0) is 14.8 Å². The molecule has 0 aromatic heterocycles. The summed E-state index contributed by atoms with van der Waals surface area (Å²) in [6.45, 7) is 1.51. The quantitative estimate of drug-likeness (QED) is 0.482. The Balaban J connectivity index is 2.00. The first-order chi connectivity index (χ1) is 14.3. The smallest absolute Gasteiger partial charge is 0.281 e. The lowest BCUT2D eigenvalue weighted by Gasteiger charge is -2.26. The lowest BCUT2D eigenvalue weighted by atomic mass is 10.2. The molecule has 3 rings (SSSR count). The number of carbonyl (C=O) groups excluding carboxylic acids is 1. The Kier molecular flexibility index (Phi) is 6.79. The Morgan fingerprint density at radius 3 is 2.20 bits per heavy atom. The number of anilines is 1. The summed E-state index contributed by atoms with van der Waals surface area (Å²) in [5, 5.41) is 0. The van der Waals surface area contributed by atoms with Crippen LogP contribution in [0.1, 0.15) is 6.92 Å². The van der Waals surface area contributed by atoms with Crippen molar-refractivity contribution in [2.24, 2.45) is 0 Å². The maximum absolute atomic E-state index is 13.4. The van der Waals surface area contributed by atoms with Crippen molar-refractivity contribution in [1.82, 2.24) is 0 Å². The summed E-state index contributed by atoms with van der Waals surface area (Å²) < 4.78 is 39.1. The molecule has 30 heavy (non-hydrogen) atoms. The third-order valence-electron chi connectivity index (χ3n) is 4.25. The highest BCUT2D eigenvalue weighted by atomic mass is 79.9. The number of sulfonamides is 1. The average Bonchev–Trinajstić information content (AvgIpc) is 2.75. The summed E-state index contributed by atoms with van der Waals surface area (Å²) in [5.41, 5.74) is 0.189. The van der Waals surface area contributed by atoms with Crippen LogP contribution in [0.25, 0.3) is 0 Å². The third-order valence-corrected chi connectivity index (χ3v) is 6.48. The van der Waals surface area contributed by atoms with E-state index in [1.165, 1.54) is 38.3 Å². The number of hydrogen-bond acceptors (Lipinski definition) is 5. The zero-order valence-electron chi connectivity index (χ0n) is 16.4. The number of nitrogens with zero attached hydrogens (tertiary/aromatic N) is 1. The molecule has 0 fully saturated rings. The molecule has 1 amide bonds. The fourth-order valence-electron chi connectivity index (χ4n) is 2.76. The second-order valence-electron chi connectivity index (χ2n) is 6.34. The fourth-order valence-corrected chi connectivity index (χ4v) is 4.63. The molecule has 6 nitrogen and oxygen atoms in total. The summed E-state index contributed by atoms with van der Waals surface area (Å²) in [4.78, 5) is 13.3. The molecule has 3 aromatic rings. The summed E-state index contributed by atoms with van der Waals surface area (Å²) in [7, 11) is -2.66. The predicted molar refractivity (Wildman–Crippen MR) is 118 cm³/mol. The van der Waals surface area contributed by atoms with Gasteiger partial charge in [-0.2, -0.15) is 4.31 Å². The van der Waals surface area contributed by atoms with E-state index in [0.717, 1.165) is 8.78 Å². The molecular weight excluding hydrogens is 470 g/mol. The average molecular weight is 490 g/mol. The van der Waals surface area contributed by atoms with Gasteiger partial charge in [0.05, 0.1) is 17.7 Å². The minimum absolute atomic E-state index is 0.00354. The first-order valence-corrected chi connectivity index (χ1v) is 11.3. The molecule has 0 N–H and O–H groups in total. The number of carbonyl (C=O) groups is 1. The zero-order valence-corrected chi connectivity index (χ0v) is 18.8. The van der Waals surface area contributed by atoms with Crippen LogP contribution in [0.2, 0.25) is 0 Å². The van der Waals surface area contributed by atoms with E-state index in [2.05, 4.69) is 15.9 Å². The van der Waals surface area contributed by atoms with E-state index < -0.39 is 22.0 Å². The third kappa shape index (κ3) is 4.83. The Bertz CT molecular complexity index is 1120. The van der Waals surface area contributed by atoms with Gasteiger partial charge in [0.25, 0.3) is 15.9 Å². The van der Waals surface area contributed by atoms with Crippen molar-refractivity contribution < 1.29 is 22.7 Å². The van der Waals surface area contributed by atoms with Gasteiger partial charge in [-0.25, -0.2) is 8.42 Å². The molecule has 1 atom stereocenters. The lowest BCUT2D eigenvalue weighted by Crippen LogP contribution is -2.44. The topological polar surface area (TPSA) is 72.9 Å². The molecule has 0 spiro atoms. The summed E-state index contributed by atoms with van der Waals surface area (Å²) in [6, 6.07) is 21.0. The van der Waals surface area contributed by atoms with Crippen molar-refractivity contribution in [3.05, 3.63) is 83.3 Å². The number of halogens is 1. The summed E-state index contributed by atoms with van der Waals surface area (Å²) >= 11 is 3.35. The van der Waals surface area contributed by atoms with E-state index in [1.807, 2.05) is 6.07 Å². The second kappa shape index (κ2) is 9.32. The van der Waals surface area contributed by atoms with Crippen LogP contribution >= 0.6 is 15.9 Å². The molecule has 3 aromatic carbocycles. The second-order valence-corrected chi connectivity index (χ2v) is 9.04. The van der Waals surface area contributed by atoms with E-state index in [1.54, 1.807) is 48.5 Å². The van der Waals surface area contributed by atoms with Crippen LogP contribution in [-0.4, -0.2) is 27.5 Å². The fraction of sp³-hybridized carbons (Fsp3) is 0.136. The maximum atomic E-state index is 13.4. The van der Waals surface area contributed by atoms with Gasteiger partial charge < -0.3 is 9.47 Å². The van der Waals surface area contributed by atoms with Gasteiger partial charge in [-0.1, -0.05) is 40.2 Å². The van der Waals surface area contributed by atoms with E-state index >= 15 is 0 Å². The molecule has 1 unspecified atom stereocenters. The number of benzene rings is 3. The standard InChI is InChI=1S/C22H20BrNO5S/c1-16(29-20-8-6-7-17(23)15-20)22(25)24(18-11-13-19(28-2)14-12-18)30(26,27)21-9-4-3-5-10-21/h3-16H,1-2H3. The Morgan fingerprint density at radius 1 is 0.933 bits per heavy atom. The minimum atomic E-state index is -4.16. The highest BCUT2D eigenvalue weighted by Crippen LogP contribution is 2.28. The van der Waals surface area contributed by atoms with Gasteiger partial charge in [-0.3, -0.25) is 4.79 Å². The molecule has 0 aliphatic rings. The number of rotatable bonds is 7. The van der Waals surface area contributed by atoms with E-state index in [4.69, 9.17) is 9.47 Å². The summed E-state index contributed by atoms with van der Waals surface area (Å²) in [5.74, 6) is 0.266. The van der Waals surface area contributed by atoms with Gasteiger partial charge in [0.1, 0.15) is 11.5 Å². The SMILES string of the molecule is COc1ccc(N(C(=O)C(C)Oc2cccc(Br)c2)S(=O)(=O)c2ccccc2)cc1. The van der Waals surface area contributed by atoms with E-state index in [0.29, 0.717) is 11.5 Å². The van der Waals surface area contributed by atoms with Crippen molar-refractivity contribution in [3.63, 3.8) is 0 Å². The molecule has 0 heterocycles. The summed E-state index contributed by atoms with van der Waals surface area (Å²) in [6.07, 6.45) is -1.06. The Morgan fingerprint density at radius 2 is 1.60 bits per heavy atom. The first kappa shape index (κ1) is 21.9. The molecule has 0 saturated carbocycles. The Labute approximate surface area is 184 Å². The van der Waals surface area contributed by atoms with Crippen molar-refractivity contribution in [3.8, 4) is 11.5 Å². The molecule has 0 aliphatic heterocycles. The van der Waals surface area contributed by atoms with E-state index in [-0.39, 0.29) is 10.6 Å². The van der Waals surface area contributed by atoms with Crippen molar-refractivity contribution in [2.45, 2.75) is 17.9 Å². The van der Waals surface area contributed by atoms with Crippen LogP contribution in [0.4, 0.5) is 5.69 Å². The van der Waals surface area contributed by atoms with Gasteiger partial charge in [0.2, 0.25) is 0 Å². The number of methoxy groups -OCH3 is 1. The largest absolute Gasteiger partial charge is 0.497 e. The van der Waals surface area contributed by atoms with Crippen LogP contribution < -0.4 is 13.8 Å². The van der Waals surface area contributed by atoms with Crippen LogP contribution in [0, 0.1) is 0 Å². The highest BCUT2D eigenvalue weighted by molar-refractivity contribution is 9.10. The maximum Gasteiger partial charge on any atom is 0.281 e. The van der Waals surface area contributed by atoms with E-state index in [9.17, 15) is 13.2 Å². The Hall–Kier alpha value is -2.84. The zero-order chi connectivity index (χ0) is 21.7. The van der Waals surface area contributed by atoms with Gasteiger partial charge in [-0.15, -0.1) is 0 Å². The van der Waals surface area contributed by atoms with Crippen LogP contribution in [0.15, 0.2) is 88.2 Å². The van der Waals surface area contributed by atoms with Crippen LogP contribution in [0.3, 0.4) is 0 Å². The number of ether oxygens (including phenoxy) is 2. The molecule has 0 bridgehead atoms. The monoisotopic (exact) mass is 489 g/mol. The molecule has 156 valence electrons. The van der Waals surface area contributed by atoms with Gasteiger partial charge in [0.15, 0.2) is 6.10 Å². The molecule has 8 heteroatoms. The van der Waals surface area contributed by atoms with Crippen molar-refractivity contribution in [2.75, 3.05) is 11.4 Å². The van der Waals surface area contributed by atoms with Gasteiger partial charge >= 0.3 is 0 Å². The highest BCUT2D eigenvalue weighted by Gasteiger charge is 2.34. The van der Waals surface area contributed by atoms with Gasteiger partial charge in [0, 0.05) is 4.47 Å². The molecule has 0 radical (unpaired) electrons. The lowest BCUT2D eigenvalue weighted by molar-refractivity contribution is -0.123. The van der Waals surface area contributed by atoms with Crippen molar-refractivity contribution >= 4 is 37.5 Å². The number of hydrogen-bond donors (Lipinski definition) is 0. The molecule has 0 saturated heterocycles. The van der Waals surface area contributed by atoms with Crippen LogP contribution in [0.5, 0.6) is 11.5 Å². The van der Waals surface area contributed by atoms with Crippen molar-refractivity contribution in [1.29, 1.82) is 0 Å². The minimum Gasteiger partial charge on any atom is -0.497 e. The molecular formula is C22H20BrNO5S. The number of amides is 1. The first-order valence-electron chi connectivity index (χ1n) is 9.03.